The summed E-state index contributed by atoms with van der Waals surface area (Å²) in [6.45, 7) is 0. The molecule has 0 unspecified atom stereocenters. The Labute approximate surface area is 171 Å². The molecule has 2 aromatic carbocycles. The van der Waals surface area contributed by atoms with Gasteiger partial charge in [-0.25, -0.2) is 4.98 Å². The lowest BCUT2D eigenvalue weighted by Crippen LogP contribution is -2.10. The summed E-state index contributed by atoms with van der Waals surface area (Å²) in [5, 5.41) is 7.07. The molecule has 0 spiro atoms. The second-order valence-corrected chi connectivity index (χ2v) is 7.46. The van der Waals surface area contributed by atoms with Gasteiger partial charge in [-0.1, -0.05) is 56.1 Å². The van der Waals surface area contributed by atoms with Crippen LogP contribution in [0.2, 0.25) is 4.47 Å². The van der Waals surface area contributed by atoms with Gasteiger partial charge in [-0.3, -0.25) is 5.41 Å². The molecular weight excluding hydrogens is 499 g/mol. The molecule has 3 rings (SSSR count). The van der Waals surface area contributed by atoms with Gasteiger partial charge in [0, 0.05) is 20.1 Å². The van der Waals surface area contributed by atoms with E-state index in [0.29, 0.717) is 10.3 Å². The number of halogens is 4. The van der Waals surface area contributed by atoms with E-state index in [1.807, 2.05) is 36.4 Å². The van der Waals surface area contributed by atoms with Gasteiger partial charge >= 0.3 is 0 Å². The van der Waals surface area contributed by atoms with Crippen LogP contribution < -0.4 is 5.73 Å². The van der Waals surface area contributed by atoms with Crippen LogP contribution in [0.1, 0.15) is 5.56 Å². The van der Waals surface area contributed by atoms with Gasteiger partial charge in [0.1, 0.15) is 5.84 Å². The van der Waals surface area contributed by atoms with Crippen molar-refractivity contribution in [2.75, 3.05) is 0 Å². The van der Waals surface area contributed by atoms with Crippen LogP contribution in [0.3, 0.4) is 0 Å². The van der Waals surface area contributed by atoms with Gasteiger partial charge in [0.05, 0.1) is 0 Å². The molecule has 0 aliphatic heterocycles. The fraction of sp³-hybridized carbons (Fsp3) is 0. The number of amidine groups is 1. The smallest absolute Gasteiger partial charge is 0.203 e. The van der Waals surface area contributed by atoms with Crippen LogP contribution in [-0.4, -0.2) is 15.2 Å². The lowest BCUT2D eigenvalue weighted by molar-refractivity contribution is 1.32. The molecule has 0 saturated carbocycles. The fourth-order valence-electron chi connectivity index (χ4n) is 1.55. The van der Waals surface area contributed by atoms with E-state index in [1.54, 1.807) is 12.1 Å². The van der Waals surface area contributed by atoms with Gasteiger partial charge in [0.2, 0.25) is 4.47 Å². The van der Waals surface area contributed by atoms with Crippen molar-refractivity contribution in [1.82, 2.24) is 9.36 Å². The maximum Gasteiger partial charge on any atom is 0.203 e. The van der Waals surface area contributed by atoms with Crippen molar-refractivity contribution in [3.8, 4) is 11.4 Å². The molecule has 0 bridgehead atoms. The van der Waals surface area contributed by atoms with Crippen molar-refractivity contribution in [1.29, 1.82) is 5.41 Å². The van der Waals surface area contributed by atoms with Crippen LogP contribution in [-0.2, 0) is 0 Å². The zero-order valence-electron chi connectivity index (χ0n) is 12.0. The average molecular weight is 511 g/mol. The van der Waals surface area contributed by atoms with Gasteiger partial charge in [-0.2, -0.15) is 4.37 Å². The number of nitrogens with two attached hydrogens (primary N) is 1. The molecule has 126 valence electrons. The highest BCUT2D eigenvalue weighted by molar-refractivity contribution is 9.10. The number of aromatic nitrogens is 2. The standard InChI is InChI=1S/C8H4BrClN2S.C7H7BrN2.ClH/c9-6-3-1-5(2-4-6)7-11-8(10)13-12-7;8-6-3-1-5(2-4-6)7(9)10;/h1-4H;1-4H,(H3,9,10);1H. The molecule has 0 atom stereocenters. The van der Waals surface area contributed by atoms with E-state index < -0.39 is 0 Å². The SMILES string of the molecule is Cl.Clc1nc(-c2ccc(Br)cc2)ns1.N=C(N)c1ccc(Br)cc1. The Morgan fingerprint density at radius 2 is 1.50 bits per heavy atom. The first-order chi connectivity index (χ1) is 11.0. The minimum absolute atomic E-state index is 0. The van der Waals surface area contributed by atoms with Crippen LogP contribution in [0.25, 0.3) is 11.4 Å². The monoisotopic (exact) mass is 508 g/mol. The summed E-state index contributed by atoms with van der Waals surface area (Å²) in [5.41, 5.74) is 6.96. The summed E-state index contributed by atoms with van der Waals surface area (Å²) in [6, 6.07) is 15.1. The molecular formula is C15H12Br2Cl2N4S. The summed E-state index contributed by atoms with van der Waals surface area (Å²) in [4.78, 5) is 4.07. The van der Waals surface area contributed by atoms with Gasteiger partial charge in [-0.05, 0) is 47.4 Å². The third kappa shape index (κ3) is 6.49. The van der Waals surface area contributed by atoms with E-state index in [0.717, 1.165) is 20.1 Å². The van der Waals surface area contributed by atoms with E-state index >= 15 is 0 Å². The molecule has 24 heavy (non-hydrogen) atoms. The minimum atomic E-state index is 0. The summed E-state index contributed by atoms with van der Waals surface area (Å²) >= 11 is 13.5. The predicted octanol–water partition coefficient (Wildman–Crippen LogP) is 5.78. The Morgan fingerprint density at radius 3 is 1.92 bits per heavy atom. The Kier molecular flexibility index (Phi) is 8.86. The number of rotatable bonds is 2. The number of benzene rings is 2. The summed E-state index contributed by atoms with van der Waals surface area (Å²) in [7, 11) is 0. The molecule has 0 aliphatic carbocycles. The molecule has 4 nitrogen and oxygen atoms in total. The third-order valence-electron chi connectivity index (χ3n) is 2.66. The highest BCUT2D eigenvalue weighted by atomic mass is 79.9. The van der Waals surface area contributed by atoms with E-state index in [1.165, 1.54) is 11.5 Å². The Morgan fingerprint density at radius 1 is 1.00 bits per heavy atom. The van der Waals surface area contributed by atoms with Gasteiger partial charge in [-0.15, -0.1) is 12.4 Å². The fourth-order valence-corrected chi connectivity index (χ4v) is 2.70. The molecule has 1 heterocycles. The van der Waals surface area contributed by atoms with Gasteiger partial charge < -0.3 is 5.73 Å². The lowest BCUT2D eigenvalue weighted by atomic mass is 10.2. The Bertz CT molecular complexity index is 792. The molecule has 3 N–H and O–H groups in total. The van der Waals surface area contributed by atoms with Crippen molar-refractivity contribution in [2.45, 2.75) is 0 Å². The molecule has 3 aromatic rings. The summed E-state index contributed by atoms with van der Waals surface area (Å²) < 4.78 is 6.61. The molecule has 0 aliphatic rings. The molecule has 9 heteroatoms. The topological polar surface area (TPSA) is 75.7 Å². The number of hydrogen-bond acceptors (Lipinski definition) is 4. The van der Waals surface area contributed by atoms with Gasteiger partial charge in [0.25, 0.3) is 0 Å². The predicted molar refractivity (Wildman–Crippen MR) is 110 cm³/mol. The van der Waals surface area contributed by atoms with E-state index in [9.17, 15) is 0 Å². The van der Waals surface area contributed by atoms with E-state index in [-0.39, 0.29) is 18.2 Å². The number of hydrogen-bond donors (Lipinski definition) is 2. The second-order valence-electron chi connectivity index (χ2n) is 4.30. The highest BCUT2D eigenvalue weighted by Crippen LogP contribution is 2.22. The van der Waals surface area contributed by atoms with Crippen LogP contribution >= 0.6 is 67.4 Å². The second kappa shape index (κ2) is 10.1. The van der Waals surface area contributed by atoms with Gasteiger partial charge in [0.15, 0.2) is 5.82 Å². The van der Waals surface area contributed by atoms with E-state index in [4.69, 9.17) is 22.7 Å². The van der Waals surface area contributed by atoms with E-state index in [2.05, 4.69) is 41.2 Å². The quantitative estimate of drug-likeness (QED) is 0.339. The molecule has 0 fully saturated rings. The number of nitrogens with one attached hydrogen (secondary N) is 1. The molecule has 0 saturated heterocycles. The first-order valence-corrected chi connectivity index (χ1v) is 9.04. The average Bonchev–Trinajstić information content (AvgIpc) is 2.96. The van der Waals surface area contributed by atoms with Crippen molar-refractivity contribution < 1.29 is 0 Å². The van der Waals surface area contributed by atoms with Crippen LogP contribution in [0.15, 0.2) is 57.5 Å². The highest BCUT2D eigenvalue weighted by Gasteiger charge is 2.03. The molecule has 1 aromatic heterocycles. The van der Waals surface area contributed by atoms with Crippen molar-refractivity contribution in [2.24, 2.45) is 5.73 Å². The maximum absolute atomic E-state index is 7.07. The lowest BCUT2D eigenvalue weighted by Gasteiger charge is -1.95. The molecule has 0 amide bonds. The first kappa shape index (κ1) is 21.1. The Balaban J connectivity index is 0.000000238. The van der Waals surface area contributed by atoms with Crippen LogP contribution in [0.5, 0.6) is 0 Å². The van der Waals surface area contributed by atoms with Crippen LogP contribution in [0, 0.1) is 5.41 Å². The molecule has 0 radical (unpaired) electrons. The third-order valence-corrected chi connectivity index (χ3v) is 4.51. The van der Waals surface area contributed by atoms with Crippen molar-refractivity contribution in [3.05, 3.63) is 67.5 Å². The zero-order chi connectivity index (χ0) is 16.8. The first-order valence-electron chi connectivity index (χ1n) is 6.31. The summed E-state index contributed by atoms with van der Waals surface area (Å²) in [5.74, 6) is 0.787. The summed E-state index contributed by atoms with van der Waals surface area (Å²) in [6.07, 6.45) is 0. The number of nitrogen functional groups attached to an aromatic ring is 1. The van der Waals surface area contributed by atoms with Crippen molar-refractivity contribution >= 4 is 73.2 Å². The number of nitrogens with zero attached hydrogens (tertiary/aromatic N) is 2. The largest absolute Gasteiger partial charge is 0.384 e. The van der Waals surface area contributed by atoms with Crippen molar-refractivity contribution in [3.63, 3.8) is 0 Å². The normalized spacial score (nSPS) is 9.46. The van der Waals surface area contributed by atoms with Crippen LogP contribution in [0.4, 0.5) is 0 Å². The minimum Gasteiger partial charge on any atom is -0.384 e. The zero-order valence-corrected chi connectivity index (χ0v) is 17.6. The maximum atomic E-state index is 7.07. The Hall–Kier alpha value is -0.990.